The zero-order chi connectivity index (χ0) is 7.11. The van der Waals surface area contributed by atoms with Crippen molar-refractivity contribution in [1.82, 2.24) is 0 Å². The van der Waals surface area contributed by atoms with Gasteiger partial charge in [-0.3, -0.25) is 0 Å². The molecule has 1 N–H and O–H groups in total. The Morgan fingerprint density at radius 1 is 1.40 bits per heavy atom. The Kier molecular flexibility index (Phi) is 13.1. The molecule has 0 atom stereocenters. The topological polar surface area (TPSA) is 23.9 Å². The first-order chi connectivity index (χ1) is 4.31. The van der Waals surface area contributed by atoms with Gasteiger partial charge in [-0.2, -0.15) is 12.8 Å². The molecule has 1 radical (unpaired) electrons. The molecule has 0 aliphatic heterocycles. The summed E-state index contributed by atoms with van der Waals surface area (Å²) in [4.78, 5) is 0. The molecular formula is C8H15NY-2. The molecule has 0 amide bonds. The SMILES string of the molecule is C[C-]=N.[CH2-]C1CCCC1.[Y]. The molecular weight excluding hydrogens is 199 g/mol. The van der Waals surface area contributed by atoms with E-state index in [0.717, 1.165) is 5.92 Å². The van der Waals surface area contributed by atoms with E-state index in [2.05, 4.69) is 6.92 Å². The van der Waals surface area contributed by atoms with E-state index in [9.17, 15) is 0 Å². The Morgan fingerprint density at radius 3 is 1.80 bits per heavy atom. The van der Waals surface area contributed by atoms with Crippen molar-refractivity contribution in [2.24, 2.45) is 5.92 Å². The average Bonchev–Trinajstić information content (AvgIpc) is 2.20. The molecule has 0 aromatic rings. The van der Waals surface area contributed by atoms with Gasteiger partial charge in [0.25, 0.3) is 0 Å². The fourth-order valence-electron chi connectivity index (χ4n) is 1.01. The van der Waals surface area contributed by atoms with E-state index in [1.54, 1.807) is 6.92 Å². The summed E-state index contributed by atoms with van der Waals surface area (Å²) in [6, 6.07) is 0. The van der Waals surface area contributed by atoms with Gasteiger partial charge in [0.05, 0.1) is 0 Å². The van der Waals surface area contributed by atoms with E-state index in [0.29, 0.717) is 0 Å². The van der Waals surface area contributed by atoms with Crippen LogP contribution in [0.15, 0.2) is 0 Å². The third-order valence-electron chi connectivity index (χ3n) is 1.47. The summed E-state index contributed by atoms with van der Waals surface area (Å²) in [5.41, 5.74) is 0. The number of rotatable bonds is 0. The Morgan fingerprint density at radius 2 is 1.70 bits per heavy atom. The van der Waals surface area contributed by atoms with Gasteiger partial charge in [0.15, 0.2) is 0 Å². The van der Waals surface area contributed by atoms with E-state index >= 15 is 0 Å². The molecule has 1 rings (SSSR count). The fraction of sp³-hybridized carbons (Fsp3) is 0.750. The monoisotopic (exact) mass is 214 g/mol. The predicted molar refractivity (Wildman–Crippen MR) is 40.7 cm³/mol. The van der Waals surface area contributed by atoms with Crippen LogP contribution in [0.5, 0.6) is 0 Å². The van der Waals surface area contributed by atoms with Crippen LogP contribution in [0.2, 0.25) is 0 Å². The molecule has 0 spiro atoms. The summed E-state index contributed by atoms with van der Waals surface area (Å²) < 4.78 is 0. The summed E-state index contributed by atoms with van der Waals surface area (Å²) in [7, 11) is 0. The smallest absolute Gasteiger partial charge is 0 e. The zero-order valence-corrected chi connectivity index (χ0v) is 9.53. The molecule has 1 saturated carbocycles. The maximum absolute atomic E-state index is 5.96. The van der Waals surface area contributed by atoms with E-state index < -0.39 is 0 Å². The first-order valence-corrected chi connectivity index (χ1v) is 3.47. The summed E-state index contributed by atoms with van der Waals surface area (Å²) in [5.74, 6) is 0.796. The minimum absolute atomic E-state index is 0. The van der Waals surface area contributed by atoms with Crippen molar-refractivity contribution in [2.45, 2.75) is 32.6 Å². The second-order valence-corrected chi connectivity index (χ2v) is 2.40. The van der Waals surface area contributed by atoms with Gasteiger partial charge in [0.2, 0.25) is 0 Å². The summed E-state index contributed by atoms with van der Waals surface area (Å²) >= 11 is 0. The van der Waals surface area contributed by atoms with Gasteiger partial charge in [-0.15, -0.1) is 0 Å². The van der Waals surface area contributed by atoms with Gasteiger partial charge in [0.1, 0.15) is 0 Å². The van der Waals surface area contributed by atoms with E-state index in [4.69, 9.17) is 5.41 Å². The third-order valence-corrected chi connectivity index (χ3v) is 1.47. The van der Waals surface area contributed by atoms with Crippen LogP contribution in [-0.2, 0) is 32.7 Å². The molecule has 1 aliphatic carbocycles. The Labute approximate surface area is 89.4 Å². The van der Waals surface area contributed by atoms with Crippen molar-refractivity contribution in [3.8, 4) is 0 Å². The van der Waals surface area contributed by atoms with Crippen LogP contribution in [0.3, 0.4) is 0 Å². The van der Waals surface area contributed by atoms with E-state index in [1.165, 1.54) is 25.7 Å². The second-order valence-electron chi connectivity index (χ2n) is 2.40. The molecule has 1 nitrogen and oxygen atoms in total. The first-order valence-electron chi connectivity index (χ1n) is 3.47. The van der Waals surface area contributed by atoms with Crippen molar-refractivity contribution in [2.75, 3.05) is 0 Å². The normalized spacial score (nSPS) is 16.6. The van der Waals surface area contributed by atoms with Gasteiger partial charge in [-0.1, -0.05) is 25.7 Å². The number of nitrogens with one attached hydrogen (secondary N) is 1. The molecule has 0 aromatic carbocycles. The molecule has 2 heteroatoms. The second kappa shape index (κ2) is 9.77. The summed E-state index contributed by atoms with van der Waals surface area (Å²) in [6.07, 6.45) is 7.60. The number of hydrogen-bond donors (Lipinski definition) is 1. The predicted octanol–water partition coefficient (Wildman–Crippen LogP) is 2.54. The standard InChI is InChI=1S/C6H11.C2H4N.Y/c1-6-4-2-3-5-6;1-2-3;/h6H,1-5H2;3H,1H3;/q2*-1;. The minimum Gasteiger partial charge on any atom is -0.519 e. The van der Waals surface area contributed by atoms with E-state index in [1.807, 2.05) is 6.21 Å². The van der Waals surface area contributed by atoms with Gasteiger partial charge in [-0.25, -0.2) is 0 Å². The zero-order valence-electron chi connectivity index (χ0n) is 6.69. The van der Waals surface area contributed by atoms with Crippen molar-refractivity contribution >= 4 is 6.21 Å². The molecule has 0 heterocycles. The molecule has 0 aromatic heterocycles. The van der Waals surface area contributed by atoms with Gasteiger partial charge in [-0.05, 0) is 0 Å². The third kappa shape index (κ3) is 8.77. The quantitative estimate of drug-likeness (QED) is 0.473. The Balaban J connectivity index is 0. The van der Waals surface area contributed by atoms with Crippen LogP contribution >= 0.6 is 0 Å². The van der Waals surface area contributed by atoms with Crippen LogP contribution in [0.25, 0.3) is 0 Å². The van der Waals surface area contributed by atoms with Crippen molar-refractivity contribution in [3.63, 3.8) is 0 Å². The van der Waals surface area contributed by atoms with Gasteiger partial charge >= 0.3 is 0 Å². The average molecular weight is 214 g/mol. The minimum atomic E-state index is 0. The maximum atomic E-state index is 5.96. The molecule has 1 aliphatic rings. The molecule has 0 unspecified atom stereocenters. The number of hydrogen-bond acceptors (Lipinski definition) is 1. The van der Waals surface area contributed by atoms with Crippen LogP contribution in [0.4, 0.5) is 0 Å². The fourth-order valence-corrected chi connectivity index (χ4v) is 1.01. The molecule has 10 heavy (non-hydrogen) atoms. The van der Waals surface area contributed by atoms with Crippen LogP contribution < -0.4 is 0 Å². The molecule has 57 valence electrons. The van der Waals surface area contributed by atoms with Crippen molar-refractivity contribution < 1.29 is 32.7 Å². The Hall–Kier alpha value is 0.774. The molecule has 0 saturated heterocycles. The van der Waals surface area contributed by atoms with Crippen LogP contribution in [0.1, 0.15) is 32.6 Å². The van der Waals surface area contributed by atoms with Crippen LogP contribution in [-0.4, -0.2) is 6.21 Å². The van der Waals surface area contributed by atoms with Gasteiger partial charge in [0, 0.05) is 32.7 Å². The maximum Gasteiger partial charge on any atom is 0 e. The van der Waals surface area contributed by atoms with Crippen molar-refractivity contribution in [1.29, 1.82) is 5.41 Å². The van der Waals surface area contributed by atoms with Gasteiger partial charge < -0.3 is 18.5 Å². The first kappa shape index (κ1) is 13.4. The molecule has 1 fully saturated rings. The van der Waals surface area contributed by atoms with E-state index in [-0.39, 0.29) is 32.7 Å². The van der Waals surface area contributed by atoms with Crippen LogP contribution in [0, 0.1) is 18.3 Å². The summed E-state index contributed by atoms with van der Waals surface area (Å²) in [5, 5.41) is 5.96. The largest absolute Gasteiger partial charge is 0.519 e. The molecule has 0 bridgehead atoms. The summed E-state index contributed by atoms with van der Waals surface area (Å²) in [6.45, 7) is 5.48. The van der Waals surface area contributed by atoms with Crippen molar-refractivity contribution in [3.05, 3.63) is 6.92 Å². The Bertz CT molecular complexity index is 67.7.